The summed E-state index contributed by atoms with van der Waals surface area (Å²) in [7, 11) is 3.69. The molecular formula is C20H32N4O3. The average Bonchev–Trinajstić information content (AvgIpc) is 2.97. The Bertz CT molecular complexity index is 781. The van der Waals surface area contributed by atoms with Crippen molar-refractivity contribution in [3.63, 3.8) is 0 Å². The number of nitrogens with one attached hydrogen (secondary N) is 3. The zero-order chi connectivity index (χ0) is 20.6. The van der Waals surface area contributed by atoms with Gasteiger partial charge in [-0.2, -0.15) is 0 Å². The molecule has 1 aromatic carbocycles. The maximum Gasteiger partial charge on any atom is 0.337 e. The molecule has 2 aromatic rings. The molecule has 0 aliphatic heterocycles. The lowest BCUT2D eigenvalue weighted by Crippen LogP contribution is -2.32. The van der Waals surface area contributed by atoms with E-state index in [9.17, 15) is 14.7 Å². The van der Waals surface area contributed by atoms with Gasteiger partial charge in [-0.1, -0.05) is 27.7 Å². The normalized spacial score (nSPS) is 10.6. The van der Waals surface area contributed by atoms with E-state index >= 15 is 0 Å². The fourth-order valence-electron chi connectivity index (χ4n) is 2.89. The molecular weight excluding hydrogens is 344 g/mol. The Labute approximate surface area is 161 Å². The van der Waals surface area contributed by atoms with Gasteiger partial charge in [-0.15, -0.1) is 0 Å². The molecule has 7 nitrogen and oxygen atoms in total. The number of carboxylic acids is 1. The summed E-state index contributed by atoms with van der Waals surface area (Å²) in [6, 6.07) is 3.65. The molecule has 2 rings (SSSR count). The molecule has 0 aliphatic rings. The molecule has 0 spiro atoms. The number of aromatic nitrogens is 1. The first-order valence-corrected chi connectivity index (χ1v) is 9.36. The van der Waals surface area contributed by atoms with Crippen molar-refractivity contribution in [3.8, 4) is 0 Å². The molecule has 0 atom stereocenters. The maximum atomic E-state index is 12.1. The molecule has 27 heavy (non-hydrogen) atoms. The highest BCUT2D eigenvalue weighted by atomic mass is 16.4. The summed E-state index contributed by atoms with van der Waals surface area (Å²) in [5.74, 6) is -0.932. The van der Waals surface area contributed by atoms with E-state index in [1.165, 1.54) is 0 Å². The summed E-state index contributed by atoms with van der Waals surface area (Å²) < 4.78 is 1.83. The van der Waals surface area contributed by atoms with Crippen molar-refractivity contribution in [3.05, 3.63) is 29.5 Å². The van der Waals surface area contributed by atoms with Gasteiger partial charge in [0.05, 0.1) is 17.6 Å². The van der Waals surface area contributed by atoms with Gasteiger partial charge in [0.1, 0.15) is 0 Å². The number of anilines is 1. The van der Waals surface area contributed by atoms with Gasteiger partial charge >= 0.3 is 5.97 Å². The molecule has 1 amide bonds. The van der Waals surface area contributed by atoms with Crippen molar-refractivity contribution >= 4 is 28.5 Å². The molecule has 1 aromatic heterocycles. The number of aryl methyl sites for hydroxylation is 1. The lowest BCUT2D eigenvalue weighted by Gasteiger charge is -2.14. The van der Waals surface area contributed by atoms with Crippen LogP contribution in [0.2, 0.25) is 0 Å². The number of amides is 1. The van der Waals surface area contributed by atoms with E-state index in [1.807, 2.05) is 52.4 Å². The van der Waals surface area contributed by atoms with Crippen LogP contribution >= 0.6 is 0 Å². The number of hydrogen-bond donors (Lipinski definition) is 4. The van der Waals surface area contributed by atoms with Crippen LogP contribution in [0.3, 0.4) is 0 Å². The monoisotopic (exact) mass is 376 g/mol. The number of carbonyl (C=O) groups excluding carboxylic acids is 1. The molecule has 0 aliphatic carbocycles. The molecule has 4 N–H and O–H groups in total. The fourth-order valence-corrected chi connectivity index (χ4v) is 2.89. The SMILES string of the molecule is CC.CNCCNCC(=O)Nc1cc(C(C)C)c2c(c1)c(C(=O)O)cn2C. The molecule has 150 valence electrons. The second-order valence-corrected chi connectivity index (χ2v) is 6.40. The molecule has 0 saturated heterocycles. The topological polar surface area (TPSA) is 95.4 Å². The van der Waals surface area contributed by atoms with Gasteiger partial charge in [0.25, 0.3) is 0 Å². The van der Waals surface area contributed by atoms with Crippen LogP contribution in [0, 0.1) is 0 Å². The number of fused-ring (bicyclic) bond motifs is 1. The summed E-state index contributed by atoms with van der Waals surface area (Å²) >= 11 is 0. The Hall–Kier alpha value is -2.38. The third kappa shape index (κ3) is 5.80. The average molecular weight is 377 g/mol. The predicted molar refractivity (Wildman–Crippen MR) is 111 cm³/mol. The van der Waals surface area contributed by atoms with Crippen LogP contribution in [0.5, 0.6) is 0 Å². The first kappa shape index (κ1) is 22.7. The van der Waals surface area contributed by atoms with Gasteiger partial charge in [-0.25, -0.2) is 4.79 Å². The van der Waals surface area contributed by atoms with Crippen molar-refractivity contribution in [1.29, 1.82) is 0 Å². The van der Waals surface area contributed by atoms with Gasteiger partial charge in [0.2, 0.25) is 5.91 Å². The molecule has 0 saturated carbocycles. The molecule has 0 bridgehead atoms. The van der Waals surface area contributed by atoms with Crippen LogP contribution in [0.4, 0.5) is 5.69 Å². The van der Waals surface area contributed by atoms with E-state index in [0.29, 0.717) is 17.6 Å². The van der Waals surface area contributed by atoms with Crippen molar-refractivity contribution < 1.29 is 14.7 Å². The largest absolute Gasteiger partial charge is 0.478 e. The standard InChI is InChI=1S/C18H26N4O3.C2H6/c1-11(2)13-7-12(21-16(23)9-20-6-5-19-3)8-14-15(18(24)25)10-22(4)17(13)14;1-2/h7-8,10-11,19-20H,5-6,9H2,1-4H3,(H,21,23)(H,24,25);1-2H3. The number of hydrogen-bond acceptors (Lipinski definition) is 4. The lowest BCUT2D eigenvalue weighted by atomic mass is 9.98. The third-order valence-electron chi connectivity index (χ3n) is 4.08. The number of nitrogens with zero attached hydrogens (tertiary/aromatic N) is 1. The number of carbonyl (C=O) groups is 2. The van der Waals surface area contributed by atoms with Crippen molar-refractivity contribution in [2.24, 2.45) is 7.05 Å². The minimum absolute atomic E-state index is 0.155. The molecule has 0 radical (unpaired) electrons. The minimum Gasteiger partial charge on any atom is -0.478 e. The Kier molecular flexibility index (Phi) is 8.97. The molecule has 0 fully saturated rings. The summed E-state index contributed by atoms with van der Waals surface area (Å²) in [5, 5.41) is 19.0. The Balaban J connectivity index is 0.00000176. The van der Waals surface area contributed by atoms with E-state index < -0.39 is 5.97 Å². The van der Waals surface area contributed by atoms with Crippen LogP contribution < -0.4 is 16.0 Å². The highest BCUT2D eigenvalue weighted by Crippen LogP contribution is 2.32. The molecule has 7 heteroatoms. The highest BCUT2D eigenvalue weighted by Gasteiger charge is 2.18. The van der Waals surface area contributed by atoms with E-state index in [-0.39, 0.29) is 23.9 Å². The number of aromatic carboxylic acids is 1. The Morgan fingerprint density at radius 1 is 1.19 bits per heavy atom. The number of carboxylic acid groups (broad SMARTS) is 1. The first-order chi connectivity index (χ1) is 12.8. The second kappa shape index (κ2) is 10.7. The van der Waals surface area contributed by atoms with Crippen LogP contribution in [-0.2, 0) is 11.8 Å². The van der Waals surface area contributed by atoms with Gasteiger partial charge in [-0.3, -0.25) is 4.79 Å². The van der Waals surface area contributed by atoms with Gasteiger partial charge < -0.3 is 25.6 Å². The summed E-state index contributed by atoms with van der Waals surface area (Å²) in [6.45, 7) is 9.78. The number of likely N-dealkylation sites (N-methyl/N-ethyl adjacent to an activating group) is 1. The third-order valence-corrected chi connectivity index (χ3v) is 4.08. The molecule has 0 unspecified atom stereocenters. The van der Waals surface area contributed by atoms with Crippen molar-refractivity contribution in [2.75, 3.05) is 32.0 Å². The second-order valence-electron chi connectivity index (χ2n) is 6.40. The van der Waals surface area contributed by atoms with Crippen molar-refractivity contribution in [1.82, 2.24) is 15.2 Å². The van der Waals surface area contributed by atoms with Crippen LogP contribution in [-0.4, -0.2) is 48.2 Å². The number of benzene rings is 1. The minimum atomic E-state index is -0.975. The molecule has 1 heterocycles. The number of rotatable bonds is 8. The van der Waals surface area contributed by atoms with Gasteiger partial charge in [0.15, 0.2) is 0 Å². The van der Waals surface area contributed by atoms with Crippen LogP contribution in [0.25, 0.3) is 10.9 Å². The Morgan fingerprint density at radius 2 is 1.85 bits per heavy atom. The predicted octanol–water partition coefficient (Wildman–Crippen LogP) is 2.77. The van der Waals surface area contributed by atoms with Gasteiger partial charge in [-0.05, 0) is 30.7 Å². The van der Waals surface area contributed by atoms with Crippen LogP contribution in [0.1, 0.15) is 49.5 Å². The first-order valence-electron chi connectivity index (χ1n) is 9.36. The zero-order valence-electron chi connectivity index (χ0n) is 17.1. The van der Waals surface area contributed by atoms with E-state index in [2.05, 4.69) is 16.0 Å². The van der Waals surface area contributed by atoms with Gasteiger partial charge in [0, 0.05) is 37.4 Å². The zero-order valence-corrected chi connectivity index (χ0v) is 17.1. The smallest absolute Gasteiger partial charge is 0.337 e. The fraction of sp³-hybridized carbons (Fsp3) is 0.500. The lowest BCUT2D eigenvalue weighted by molar-refractivity contribution is -0.115. The highest BCUT2D eigenvalue weighted by molar-refractivity contribution is 6.06. The van der Waals surface area contributed by atoms with Crippen molar-refractivity contribution in [2.45, 2.75) is 33.6 Å². The summed E-state index contributed by atoms with van der Waals surface area (Å²) in [6.07, 6.45) is 1.61. The van der Waals surface area contributed by atoms with E-state index in [1.54, 1.807) is 12.3 Å². The summed E-state index contributed by atoms with van der Waals surface area (Å²) in [4.78, 5) is 23.6. The van der Waals surface area contributed by atoms with E-state index in [4.69, 9.17) is 0 Å². The quantitative estimate of drug-likeness (QED) is 0.532. The summed E-state index contributed by atoms with van der Waals surface area (Å²) in [5.41, 5.74) is 2.75. The maximum absolute atomic E-state index is 12.1. The van der Waals surface area contributed by atoms with Crippen LogP contribution in [0.15, 0.2) is 18.3 Å². The van der Waals surface area contributed by atoms with E-state index in [0.717, 1.165) is 17.6 Å². The Morgan fingerprint density at radius 3 is 2.41 bits per heavy atom.